The molecule has 5 N–H and O–H groups in total. The molecule has 11 heteroatoms. The molecular weight excluding hydrogens is 460 g/mol. The molecule has 0 heterocycles. The lowest BCUT2D eigenvalue weighted by molar-refractivity contribution is -0.175. The number of carbonyl (C=O) groups is 6. The minimum atomic E-state index is -2.70. The third-order valence-electron chi connectivity index (χ3n) is 6.91. The highest BCUT2D eigenvalue weighted by atomic mass is 16.6. The molecule has 1 aromatic rings. The first-order valence-electron chi connectivity index (χ1n) is 11.2. The molecule has 0 spiro atoms. The van der Waals surface area contributed by atoms with E-state index in [9.17, 15) is 39.0 Å². The Balaban J connectivity index is 1.70. The van der Waals surface area contributed by atoms with Crippen LogP contribution in [0.25, 0.3) is 0 Å². The van der Waals surface area contributed by atoms with E-state index >= 15 is 0 Å². The molecule has 0 aliphatic heterocycles. The van der Waals surface area contributed by atoms with Gasteiger partial charge in [-0.2, -0.15) is 0 Å². The summed E-state index contributed by atoms with van der Waals surface area (Å²) in [4.78, 5) is 75.9. The van der Waals surface area contributed by atoms with Gasteiger partial charge in [-0.1, -0.05) is 6.07 Å². The van der Waals surface area contributed by atoms with E-state index in [1.165, 1.54) is 12.1 Å². The van der Waals surface area contributed by atoms with Crippen molar-refractivity contribution in [2.45, 2.75) is 51.2 Å². The van der Waals surface area contributed by atoms with Crippen LogP contribution in [-0.4, -0.2) is 56.5 Å². The summed E-state index contributed by atoms with van der Waals surface area (Å²) in [7, 11) is 0. The van der Waals surface area contributed by atoms with Gasteiger partial charge in [0.2, 0.25) is 5.91 Å². The highest BCUT2D eigenvalue weighted by Gasteiger charge is 2.66. The number of nitrogens with two attached hydrogens (primary N) is 1. The number of nitrogens with one attached hydrogen (secondary N) is 1. The molecule has 4 rings (SSSR count). The topological polar surface area (TPSA) is 190 Å². The molecule has 0 bridgehead atoms. The SMILES string of the molecule is CC(C)(C)OC(=O)Nc1ccc2c(c1O)C(=O)C1C(=O)[C@]3(O)C(=O)C(C(N)=O)C(=O)C[C@@H]3C[C@@H]1C2. The van der Waals surface area contributed by atoms with Gasteiger partial charge in [0.05, 0.1) is 17.2 Å². The van der Waals surface area contributed by atoms with Crippen molar-refractivity contribution in [2.75, 3.05) is 5.32 Å². The van der Waals surface area contributed by atoms with Crippen molar-refractivity contribution in [3.05, 3.63) is 23.3 Å². The first-order chi connectivity index (χ1) is 16.2. The number of primary amides is 1. The van der Waals surface area contributed by atoms with Gasteiger partial charge in [-0.25, -0.2) is 4.79 Å². The maximum atomic E-state index is 13.4. The number of rotatable bonds is 2. The Bertz CT molecular complexity index is 1200. The van der Waals surface area contributed by atoms with E-state index < -0.39 is 82.2 Å². The van der Waals surface area contributed by atoms with Gasteiger partial charge < -0.3 is 20.7 Å². The first kappa shape index (κ1) is 24.5. The first-order valence-corrected chi connectivity index (χ1v) is 11.2. The minimum absolute atomic E-state index is 0.0136. The number of ketones is 4. The second kappa shape index (κ2) is 7.98. The largest absolute Gasteiger partial charge is 0.505 e. The second-order valence-electron chi connectivity index (χ2n) is 10.4. The number of carbonyl (C=O) groups excluding carboxylic acids is 6. The third-order valence-corrected chi connectivity index (χ3v) is 6.91. The summed E-state index contributed by atoms with van der Waals surface area (Å²) in [6.07, 6.45) is -1.09. The average Bonchev–Trinajstić information content (AvgIpc) is 2.71. The van der Waals surface area contributed by atoms with Crippen LogP contribution < -0.4 is 11.1 Å². The highest BCUT2D eigenvalue weighted by Crippen LogP contribution is 2.50. The number of anilines is 1. The van der Waals surface area contributed by atoms with Crippen LogP contribution in [0.1, 0.15) is 49.5 Å². The van der Waals surface area contributed by atoms with E-state index in [1.807, 2.05) is 0 Å². The maximum absolute atomic E-state index is 13.4. The van der Waals surface area contributed by atoms with Crippen LogP contribution in [0.15, 0.2) is 12.1 Å². The molecule has 2 fully saturated rings. The Morgan fingerprint density at radius 2 is 1.77 bits per heavy atom. The number of hydrogen-bond donors (Lipinski definition) is 4. The van der Waals surface area contributed by atoms with Gasteiger partial charge in [0.15, 0.2) is 34.7 Å². The number of hydrogen-bond acceptors (Lipinski definition) is 9. The summed E-state index contributed by atoms with van der Waals surface area (Å²) in [5.74, 6) is -11.0. The zero-order valence-corrected chi connectivity index (χ0v) is 19.4. The van der Waals surface area contributed by atoms with E-state index in [0.29, 0.717) is 5.56 Å². The summed E-state index contributed by atoms with van der Waals surface area (Å²) in [6, 6.07) is 2.93. The third kappa shape index (κ3) is 3.79. The van der Waals surface area contributed by atoms with Crippen LogP contribution in [0.3, 0.4) is 0 Å². The second-order valence-corrected chi connectivity index (χ2v) is 10.4. The Kier molecular flexibility index (Phi) is 5.59. The van der Waals surface area contributed by atoms with Gasteiger partial charge in [0.25, 0.3) is 0 Å². The molecule has 3 aliphatic carbocycles. The lowest BCUT2D eigenvalue weighted by Gasteiger charge is -2.48. The van der Waals surface area contributed by atoms with Crippen molar-refractivity contribution in [1.29, 1.82) is 0 Å². The van der Waals surface area contributed by atoms with E-state index in [-0.39, 0.29) is 24.1 Å². The number of benzene rings is 1. The number of fused-ring (bicyclic) bond motifs is 3. The molecule has 186 valence electrons. The van der Waals surface area contributed by atoms with Gasteiger partial charge in [-0.15, -0.1) is 0 Å². The van der Waals surface area contributed by atoms with Gasteiger partial charge in [-0.05, 0) is 51.2 Å². The fraction of sp³-hybridized carbons (Fsp3) is 0.500. The normalized spacial score (nSPS) is 30.2. The van der Waals surface area contributed by atoms with E-state index in [0.717, 1.165) is 0 Å². The van der Waals surface area contributed by atoms with E-state index in [1.54, 1.807) is 20.8 Å². The van der Waals surface area contributed by atoms with Gasteiger partial charge >= 0.3 is 6.09 Å². The zero-order chi connectivity index (χ0) is 26.0. The average molecular weight is 486 g/mol. The minimum Gasteiger partial charge on any atom is -0.505 e. The number of phenolic OH excluding ortho intramolecular Hbond substituents is 1. The monoisotopic (exact) mass is 486 g/mol. The van der Waals surface area contributed by atoms with Crippen LogP contribution >= 0.6 is 0 Å². The smallest absolute Gasteiger partial charge is 0.412 e. The Morgan fingerprint density at radius 3 is 2.37 bits per heavy atom. The molecule has 5 atom stereocenters. The standard InChI is InChI=1S/C24H26N2O9/c1-23(2,3)35-22(33)26-12-5-4-9-6-10-7-11-8-13(27)16(21(25)32)20(31)24(11,34)19(30)15(10)18(29)14(9)17(12)28/h4-5,10-11,15-16,28,34H,6-8H2,1-3H3,(H2,25,32)(H,26,33)/t10-,11-,15?,16?,24-/m0/s1. The summed E-state index contributed by atoms with van der Waals surface area (Å²) in [5, 5.41) is 24.3. The van der Waals surface area contributed by atoms with E-state index in [2.05, 4.69) is 5.32 Å². The van der Waals surface area contributed by atoms with Crippen LogP contribution in [0.2, 0.25) is 0 Å². The van der Waals surface area contributed by atoms with Crippen molar-refractivity contribution in [2.24, 2.45) is 29.4 Å². The molecule has 2 saturated carbocycles. The molecule has 2 unspecified atom stereocenters. The molecule has 3 aliphatic rings. The number of Topliss-reactive ketones (excluding diaryl/α,β-unsaturated/α-hetero) is 4. The lowest BCUT2D eigenvalue weighted by Crippen LogP contribution is -2.68. The van der Waals surface area contributed by atoms with Crippen molar-refractivity contribution in [1.82, 2.24) is 0 Å². The van der Waals surface area contributed by atoms with Gasteiger partial charge in [0, 0.05) is 12.3 Å². The number of amides is 2. The van der Waals surface area contributed by atoms with Crippen LogP contribution in [-0.2, 0) is 30.3 Å². The molecule has 1 aromatic carbocycles. The fourth-order valence-corrected chi connectivity index (χ4v) is 5.46. The summed E-state index contributed by atoms with van der Waals surface area (Å²) in [5.41, 5.74) is 1.75. The fourth-order valence-electron chi connectivity index (χ4n) is 5.46. The lowest BCUT2D eigenvalue weighted by atomic mass is 9.54. The Hall–Kier alpha value is -3.60. The van der Waals surface area contributed by atoms with Crippen LogP contribution in [0.4, 0.5) is 10.5 Å². The molecule has 0 saturated heterocycles. The van der Waals surface area contributed by atoms with Gasteiger partial charge in [-0.3, -0.25) is 29.3 Å². The number of aromatic hydroxyl groups is 1. The molecule has 2 amide bonds. The van der Waals surface area contributed by atoms with Crippen molar-refractivity contribution in [3.8, 4) is 5.75 Å². The summed E-state index contributed by atoms with van der Waals surface area (Å²) in [6.45, 7) is 4.95. The van der Waals surface area contributed by atoms with Crippen LogP contribution in [0.5, 0.6) is 5.75 Å². The summed E-state index contributed by atoms with van der Waals surface area (Å²) >= 11 is 0. The van der Waals surface area contributed by atoms with Crippen molar-refractivity contribution >= 4 is 40.8 Å². The van der Waals surface area contributed by atoms with E-state index in [4.69, 9.17) is 10.5 Å². The Morgan fingerprint density at radius 1 is 1.11 bits per heavy atom. The number of aliphatic hydroxyl groups is 1. The van der Waals surface area contributed by atoms with Crippen molar-refractivity contribution < 1.29 is 43.7 Å². The molecule has 35 heavy (non-hydrogen) atoms. The zero-order valence-electron chi connectivity index (χ0n) is 19.4. The number of phenols is 1. The predicted molar refractivity (Wildman–Crippen MR) is 118 cm³/mol. The summed E-state index contributed by atoms with van der Waals surface area (Å²) < 4.78 is 5.16. The van der Waals surface area contributed by atoms with Crippen LogP contribution in [0, 0.1) is 23.7 Å². The molecule has 0 aromatic heterocycles. The molecular formula is C24H26N2O9. The molecule has 11 nitrogen and oxygen atoms in total. The maximum Gasteiger partial charge on any atom is 0.412 e. The number of ether oxygens (including phenoxy) is 1. The van der Waals surface area contributed by atoms with Crippen molar-refractivity contribution in [3.63, 3.8) is 0 Å². The Labute approximate surface area is 200 Å². The quantitative estimate of drug-likeness (QED) is 0.344. The molecule has 0 radical (unpaired) electrons. The van der Waals surface area contributed by atoms with Gasteiger partial charge in [0.1, 0.15) is 11.4 Å². The predicted octanol–water partition coefficient (Wildman–Crippen LogP) is 0.674. The highest BCUT2D eigenvalue weighted by molar-refractivity contribution is 6.31.